The summed E-state index contributed by atoms with van der Waals surface area (Å²) in [7, 11) is -3.21. The van der Waals surface area contributed by atoms with Gasteiger partial charge in [0.25, 0.3) is 0 Å². The van der Waals surface area contributed by atoms with Crippen LogP contribution in [0.4, 0.5) is 0 Å². The number of nitrogens with zero attached hydrogens (tertiary/aromatic N) is 1. The molecule has 0 unspecified atom stereocenters. The Kier molecular flexibility index (Phi) is 5.67. The number of para-hydroxylation sites is 1. The van der Waals surface area contributed by atoms with E-state index in [9.17, 15) is 8.42 Å². The van der Waals surface area contributed by atoms with E-state index in [1.807, 2.05) is 37.3 Å². The topological polar surface area (TPSA) is 71.1 Å². The van der Waals surface area contributed by atoms with Crippen molar-refractivity contribution in [2.45, 2.75) is 13.3 Å². The number of hydrogen-bond donors (Lipinski definition) is 2. The van der Waals surface area contributed by atoms with E-state index in [0.717, 1.165) is 23.0 Å². The third kappa shape index (κ3) is 4.77. The minimum Gasteiger partial charge on any atom is -0.316 e. The smallest absolute Gasteiger partial charge is 0.212 e. The van der Waals surface area contributed by atoms with Crippen LogP contribution in [0.3, 0.4) is 0 Å². The highest BCUT2D eigenvalue weighted by molar-refractivity contribution is 7.89. The highest BCUT2D eigenvalue weighted by Crippen LogP contribution is 2.15. The second kappa shape index (κ2) is 7.49. The summed E-state index contributed by atoms with van der Waals surface area (Å²) in [5.74, 6) is 0.106. The zero-order chi connectivity index (χ0) is 15.1. The molecule has 2 rings (SSSR count). The van der Waals surface area contributed by atoms with Gasteiger partial charge in [-0.25, -0.2) is 13.1 Å². The molecule has 0 amide bonds. The van der Waals surface area contributed by atoms with Gasteiger partial charge in [-0.2, -0.15) is 0 Å². The Balaban J connectivity index is 1.93. The number of hydrogen-bond acceptors (Lipinski definition) is 4. The van der Waals surface area contributed by atoms with Crippen LogP contribution in [0.2, 0.25) is 0 Å². The molecule has 0 spiro atoms. The first-order chi connectivity index (χ1) is 10.1. The molecule has 0 radical (unpaired) electrons. The second-order valence-corrected chi connectivity index (χ2v) is 6.74. The van der Waals surface area contributed by atoms with Crippen molar-refractivity contribution < 1.29 is 8.42 Å². The van der Waals surface area contributed by atoms with Crippen molar-refractivity contribution in [2.75, 3.05) is 25.4 Å². The molecule has 1 aromatic carbocycles. The molecule has 0 fully saturated rings. The molecule has 1 heterocycles. The third-order valence-electron chi connectivity index (χ3n) is 3.23. The summed E-state index contributed by atoms with van der Waals surface area (Å²) in [4.78, 5) is 4.37. The van der Waals surface area contributed by atoms with Gasteiger partial charge in [0, 0.05) is 24.7 Å². The van der Waals surface area contributed by atoms with Gasteiger partial charge >= 0.3 is 0 Å². The minimum absolute atomic E-state index is 0.106. The maximum absolute atomic E-state index is 11.8. The minimum atomic E-state index is -3.21. The molecule has 0 aliphatic heterocycles. The summed E-state index contributed by atoms with van der Waals surface area (Å²) in [5, 5.41) is 4.08. The molecule has 0 aliphatic rings. The maximum Gasteiger partial charge on any atom is 0.212 e. The normalized spacial score (nSPS) is 11.9. The summed E-state index contributed by atoms with van der Waals surface area (Å²) < 4.78 is 26.2. The number of fused-ring (bicyclic) bond motifs is 1. The number of rotatable bonds is 8. The van der Waals surface area contributed by atoms with E-state index in [4.69, 9.17) is 0 Å². The van der Waals surface area contributed by atoms with E-state index >= 15 is 0 Å². The van der Waals surface area contributed by atoms with Crippen molar-refractivity contribution in [3.8, 4) is 0 Å². The molecule has 114 valence electrons. The lowest BCUT2D eigenvalue weighted by Crippen LogP contribution is -2.33. The molecule has 0 atom stereocenters. The molecule has 0 bridgehead atoms. The molecule has 1 aromatic heterocycles. The van der Waals surface area contributed by atoms with E-state index in [-0.39, 0.29) is 5.75 Å². The standard InChI is InChI=1S/C15H21N3O2S/c1-2-16-11-12-21(19,20)18-10-8-14-6-3-5-13-7-4-9-17-15(13)14/h3-7,9,16,18H,2,8,10-12H2,1H3. The molecular weight excluding hydrogens is 286 g/mol. The van der Waals surface area contributed by atoms with E-state index in [0.29, 0.717) is 19.5 Å². The Hall–Kier alpha value is -1.50. The number of sulfonamides is 1. The molecule has 0 saturated heterocycles. The molecular formula is C15H21N3O2S. The van der Waals surface area contributed by atoms with Crippen molar-refractivity contribution in [1.82, 2.24) is 15.0 Å². The average Bonchev–Trinajstić information content (AvgIpc) is 2.47. The fourth-order valence-corrected chi connectivity index (χ4v) is 3.14. The Labute approximate surface area is 125 Å². The van der Waals surface area contributed by atoms with E-state index in [2.05, 4.69) is 15.0 Å². The first-order valence-electron chi connectivity index (χ1n) is 7.13. The van der Waals surface area contributed by atoms with Crippen LogP contribution in [0, 0.1) is 0 Å². The summed E-state index contributed by atoms with van der Waals surface area (Å²) >= 11 is 0. The van der Waals surface area contributed by atoms with Crippen LogP contribution in [0.25, 0.3) is 10.9 Å². The van der Waals surface area contributed by atoms with Crippen LogP contribution < -0.4 is 10.0 Å². The van der Waals surface area contributed by atoms with E-state index in [1.165, 1.54) is 0 Å². The Morgan fingerprint density at radius 1 is 1.14 bits per heavy atom. The van der Waals surface area contributed by atoms with Crippen LogP contribution >= 0.6 is 0 Å². The van der Waals surface area contributed by atoms with Crippen LogP contribution in [-0.4, -0.2) is 38.8 Å². The first kappa shape index (κ1) is 15.9. The Bertz CT molecular complexity index is 681. The fourth-order valence-electron chi connectivity index (χ4n) is 2.17. The lowest BCUT2D eigenvalue weighted by molar-refractivity contribution is 0.578. The van der Waals surface area contributed by atoms with Gasteiger partial charge < -0.3 is 5.32 Å². The lowest BCUT2D eigenvalue weighted by Gasteiger charge is -2.08. The van der Waals surface area contributed by atoms with Crippen LogP contribution in [0.15, 0.2) is 36.5 Å². The van der Waals surface area contributed by atoms with Gasteiger partial charge in [0.2, 0.25) is 10.0 Å². The van der Waals surface area contributed by atoms with Crippen molar-refractivity contribution in [3.63, 3.8) is 0 Å². The second-order valence-electron chi connectivity index (χ2n) is 4.81. The molecule has 21 heavy (non-hydrogen) atoms. The van der Waals surface area contributed by atoms with Gasteiger partial charge in [0.05, 0.1) is 11.3 Å². The molecule has 0 saturated carbocycles. The Morgan fingerprint density at radius 2 is 1.95 bits per heavy atom. The van der Waals surface area contributed by atoms with Crippen molar-refractivity contribution >= 4 is 20.9 Å². The van der Waals surface area contributed by atoms with Crippen LogP contribution in [0.5, 0.6) is 0 Å². The zero-order valence-corrected chi connectivity index (χ0v) is 13.0. The number of pyridine rings is 1. The zero-order valence-electron chi connectivity index (χ0n) is 12.2. The van der Waals surface area contributed by atoms with E-state index < -0.39 is 10.0 Å². The first-order valence-corrected chi connectivity index (χ1v) is 8.78. The van der Waals surface area contributed by atoms with Crippen LogP contribution in [-0.2, 0) is 16.4 Å². The summed E-state index contributed by atoms with van der Waals surface area (Å²) in [6, 6.07) is 9.87. The monoisotopic (exact) mass is 307 g/mol. The van der Waals surface area contributed by atoms with Gasteiger partial charge in [-0.1, -0.05) is 31.2 Å². The lowest BCUT2D eigenvalue weighted by atomic mass is 10.1. The van der Waals surface area contributed by atoms with Gasteiger partial charge in [-0.3, -0.25) is 4.98 Å². The highest BCUT2D eigenvalue weighted by Gasteiger charge is 2.09. The summed E-state index contributed by atoms with van der Waals surface area (Å²) in [6.07, 6.45) is 2.39. The molecule has 0 aliphatic carbocycles. The van der Waals surface area contributed by atoms with Gasteiger partial charge in [-0.05, 0) is 24.6 Å². The number of nitrogens with one attached hydrogen (secondary N) is 2. The van der Waals surface area contributed by atoms with Crippen LogP contribution in [0.1, 0.15) is 12.5 Å². The third-order valence-corrected chi connectivity index (χ3v) is 4.62. The molecule has 6 heteroatoms. The molecule has 2 aromatic rings. The summed E-state index contributed by atoms with van der Waals surface area (Å²) in [6.45, 7) is 3.59. The SMILES string of the molecule is CCNCCS(=O)(=O)NCCc1cccc2cccnc12. The fraction of sp³-hybridized carbons (Fsp3) is 0.400. The van der Waals surface area contributed by atoms with Crippen molar-refractivity contribution in [1.29, 1.82) is 0 Å². The largest absolute Gasteiger partial charge is 0.316 e. The Morgan fingerprint density at radius 3 is 2.76 bits per heavy atom. The maximum atomic E-state index is 11.8. The van der Waals surface area contributed by atoms with Crippen molar-refractivity contribution in [2.24, 2.45) is 0 Å². The average molecular weight is 307 g/mol. The molecule has 2 N–H and O–H groups in total. The van der Waals surface area contributed by atoms with Gasteiger partial charge in [-0.15, -0.1) is 0 Å². The van der Waals surface area contributed by atoms with Gasteiger partial charge in [0.1, 0.15) is 0 Å². The van der Waals surface area contributed by atoms with Crippen molar-refractivity contribution in [3.05, 3.63) is 42.1 Å². The predicted octanol–water partition coefficient (Wildman–Crippen LogP) is 1.31. The predicted molar refractivity (Wildman–Crippen MR) is 85.8 cm³/mol. The quantitative estimate of drug-likeness (QED) is 0.721. The number of aromatic nitrogens is 1. The summed E-state index contributed by atoms with van der Waals surface area (Å²) in [5.41, 5.74) is 1.99. The highest BCUT2D eigenvalue weighted by atomic mass is 32.2. The molecule has 5 nitrogen and oxygen atoms in total. The van der Waals surface area contributed by atoms with E-state index in [1.54, 1.807) is 6.20 Å². The number of benzene rings is 1. The van der Waals surface area contributed by atoms with Gasteiger partial charge in [0.15, 0.2) is 0 Å².